The average Bonchev–Trinajstić information content (AvgIpc) is 2.50. The molecule has 0 saturated carbocycles. The van der Waals surface area contributed by atoms with Gasteiger partial charge in [0.25, 0.3) is 0 Å². The molecule has 1 aromatic carbocycles. The fourth-order valence-electron chi connectivity index (χ4n) is 2.24. The van der Waals surface area contributed by atoms with Crippen LogP contribution in [0, 0.1) is 5.92 Å². The molecule has 1 unspecified atom stereocenters. The third kappa shape index (κ3) is 9.10. The summed E-state index contributed by atoms with van der Waals surface area (Å²) in [6.45, 7) is 6.54. The Hall–Kier alpha value is -0.610. The van der Waals surface area contributed by atoms with Gasteiger partial charge in [-0.3, -0.25) is 0 Å². The molecule has 0 heterocycles. The Balaban J connectivity index is 2.31. The molecule has 0 saturated heterocycles. The quantitative estimate of drug-likeness (QED) is 0.599. The Morgan fingerprint density at radius 1 is 1.14 bits per heavy atom. The number of hydrogen-bond acceptors (Lipinski definition) is 3. The molecule has 0 aromatic heterocycles. The number of hydrogen-bond donors (Lipinski definition) is 1. The van der Waals surface area contributed by atoms with Gasteiger partial charge in [0, 0.05) is 32.0 Å². The Morgan fingerprint density at radius 3 is 2.57 bits per heavy atom. The van der Waals surface area contributed by atoms with Gasteiger partial charge in [0.05, 0.1) is 0 Å². The topological polar surface area (TPSA) is 30.5 Å². The van der Waals surface area contributed by atoms with Gasteiger partial charge in [-0.25, -0.2) is 0 Å². The minimum atomic E-state index is 0.591. The molecule has 21 heavy (non-hydrogen) atoms. The fraction of sp³-hybridized carbons (Fsp3) is 0.647. The van der Waals surface area contributed by atoms with E-state index in [9.17, 15) is 0 Å². The summed E-state index contributed by atoms with van der Waals surface area (Å²) in [7, 11) is 1.72. The lowest BCUT2D eigenvalue weighted by Gasteiger charge is -2.17. The summed E-state index contributed by atoms with van der Waals surface area (Å²) in [4.78, 5) is 0. The molecule has 1 rings (SSSR count). The molecule has 3 nitrogen and oxygen atoms in total. The number of benzene rings is 1. The highest BCUT2D eigenvalue weighted by atomic mass is 35.5. The summed E-state index contributed by atoms with van der Waals surface area (Å²) in [6, 6.07) is 8.15. The molecule has 120 valence electrons. The number of rotatable bonds is 12. The van der Waals surface area contributed by atoms with Crippen LogP contribution in [-0.4, -0.2) is 40.0 Å². The van der Waals surface area contributed by atoms with Crippen LogP contribution in [0.2, 0.25) is 5.02 Å². The van der Waals surface area contributed by atoms with Crippen molar-refractivity contribution in [2.75, 3.05) is 40.0 Å². The summed E-state index contributed by atoms with van der Waals surface area (Å²) in [5, 5.41) is 4.23. The molecule has 4 heteroatoms. The molecule has 0 aliphatic heterocycles. The van der Waals surface area contributed by atoms with E-state index in [1.165, 1.54) is 5.56 Å². The third-order valence-electron chi connectivity index (χ3n) is 3.43. The van der Waals surface area contributed by atoms with E-state index in [0.717, 1.165) is 57.2 Å². The van der Waals surface area contributed by atoms with Crippen molar-refractivity contribution in [2.45, 2.75) is 26.2 Å². The van der Waals surface area contributed by atoms with Gasteiger partial charge in [-0.05, 0) is 56.0 Å². The van der Waals surface area contributed by atoms with Crippen molar-refractivity contribution in [3.63, 3.8) is 0 Å². The summed E-state index contributed by atoms with van der Waals surface area (Å²) < 4.78 is 10.7. The van der Waals surface area contributed by atoms with Gasteiger partial charge in [-0.2, -0.15) is 0 Å². The average molecular weight is 314 g/mol. The van der Waals surface area contributed by atoms with Crippen molar-refractivity contribution in [3.8, 4) is 0 Å². The van der Waals surface area contributed by atoms with E-state index in [1.807, 2.05) is 12.1 Å². The lowest BCUT2D eigenvalue weighted by atomic mass is 9.96. The second-order valence-corrected chi connectivity index (χ2v) is 5.69. The number of methoxy groups -OCH3 is 1. The minimum absolute atomic E-state index is 0.591. The highest BCUT2D eigenvalue weighted by molar-refractivity contribution is 6.30. The molecule has 0 aliphatic carbocycles. The molecule has 1 aromatic rings. The Morgan fingerprint density at radius 2 is 1.90 bits per heavy atom. The lowest BCUT2D eigenvalue weighted by molar-refractivity contribution is 0.0936. The second-order valence-electron chi connectivity index (χ2n) is 5.25. The van der Waals surface area contributed by atoms with Gasteiger partial charge in [-0.15, -0.1) is 0 Å². The molecule has 1 atom stereocenters. The van der Waals surface area contributed by atoms with Crippen molar-refractivity contribution in [1.29, 1.82) is 0 Å². The highest BCUT2D eigenvalue weighted by Gasteiger charge is 2.09. The van der Waals surface area contributed by atoms with Gasteiger partial charge in [0.1, 0.15) is 0 Å². The Bertz CT molecular complexity index is 356. The maximum Gasteiger partial charge on any atom is 0.0487 e. The number of nitrogens with one attached hydrogen (secondary N) is 1. The van der Waals surface area contributed by atoms with E-state index in [4.69, 9.17) is 21.1 Å². The SMILES string of the molecule is CCNCC(CCOCCCOC)Cc1ccc(Cl)cc1. The van der Waals surface area contributed by atoms with Gasteiger partial charge in [0.2, 0.25) is 0 Å². The standard InChI is InChI=1S/C17H28ClNO2/c1-3-19-14-16(9-12-21-11-4-10-20-2)13-15-5-7-17(18)8-6-15/h5-8,16,19H,3-4,9-14H2,1-2H3. The van der Waals surface area contributed by atoms with Crippen molar-refractivity contribution < 1.29 is 9.47 Å². The zero-order chi connectivity index (χ0) is 15.3. The van der Waals surface area contributed by atoms with Crippen LogP contribution in [0.3, 0.4) is 0 Å². The van der Waals surface area contributed by atoms with E-state index in [1.54, 1.807) is 7.11 Å². The van der Waals surface area contributed by atoms with E-state index in [-0.39, 0.29) is 0 Å². The molecule has 0 spiro atoms. The predicted octanol–water partition coefficient (Wildman–Crippen LogP) is 3.55. The van der Waals surface area contributed by atoms with E-state index < -0.39 is 0 Å². The first-order chi connectivity index (χ1) is 10.3. The number of ether oxygens (including phenoxy) is 2. The molecular formula is C17H28ClNO2. The van der Waals surface area contributed by atoms with Crippen LogP contribution in [0.15, 0.2) is 24.3 Å². The molecule has 0 amide bonds. The van der Waals surface area contributed by atoms with Crippen molar-refractivity contribution in [3.05, 3.63) is 34.9 Å². The molecule has 0 bridgehead atoms. The van der Waals surface area contributed by atoms with Gasteiger partial charge >= 0.3 is 0 Å². The van der Waals surface area contributed by atoms with Crippen LogP contribution < -0.4 is 5.32 Å². The molecule has 0 radical (unpaired) electrons. The van der Waals surface area contributed by atoms with E-state index in [0.29, 0.717) is 5.92 Å². The van der Waals surface area contributed by atoms with Gasteiger partial charge < -0.3 is 14.8 Å². The second kappa shape index (κ2) is 12.0. The van der Waals surface area contributed by atoms with Crippen LogP contribution in [-0.2, 0) is 15.9 Å². The fourth-order valence-corrected chi connectivity index (χ4v) is 2.36. The van der Waals surface area contributed by atoms with Crippen molar-refractivity contribution >= 4 is 11.6 Å². The predicted molar refractivity (Wildman–Crippen MR) is 89.1 cm³/mol. The maximum atomic E-state index is 5.93. The first kappa shape index (κ1) is 18.4. The van der Waals surface area contributed by atoms with Crippen molar-refractivity contribution in [1.82, 2.24) is 5.32 Å². The zero-order valence-electron chi connectivity index (χ0n) is 13.2. The largest absolute Gasteiger partial charge is 0.385 e. The zero-order valence-corrected chi connectivity index (χ0v) is 14.0. The highest BCUT2D eigenvalue weighted by Crippen LogP contribution is 2.15. The van der Waals surface area contributed by atoms with Crippen LogP contribution in [0.1, 0.15) is 25.3 Å². The lowest BCUT2D eigenvalue weighted by Crippen LogP contribution is -2.25. The van der Waals surface area contributed by atoms with Crippen LogP contribution >= 0.6 is 11.6 Å². The van der Waals surface area contributed by atoms with Crippen LogP contribution in [0.5, 0.6) is 0 Å². The van der Waals surface area contributed by atoms with Crippen LogP contribution in [0.25, 0.3) is 0 Å². The normalized spacial score (nSPS) is 12.5. The maximum absolute atomic E-state index is 5.93. The van der Waals surface area contributed by atoms with Gasteiger partial charge in [0.15, 0.2) is 0 Å². The minimum Gasteiger partial charge on any atom is -0.385 e. The number of halogens is 1. The summed E-state index contributed by atoms with van der Waals surface area (Å²) >= 11 is 5.93. The summed E-state index contributed by atoms with van der Waals surface area (Å²) in [5.41, 5.74) is 1.33. The Labute approximate surface area is 134 Å². The van der Waals surface area contributed by atoms with E-state index in [2.05, 4.69) is 24.4 Å². The monoisotopic (exact) mass is 313 g/mol. The summed E-state index contributed by atoms with van der Waals surface area (Å²) in [5.74, 6) is 0.591. The smallest absolute Gasteiger partial charge is 0.0487 e. The van der Waals surface area contributed by atoms with E-state index >= 15 is 0 Å². The Kier molecular flexibility index (Phi) is 10.5. The van der Waals surface area contributed by atoms with Crippen LogP contribution in [0.4, 0.5) is 0 Å². The first-order valence-corrected chi connectivity index (χ1v) is 8.16. The third-order valence-corrected chi connectivity index (χ3v) is 3.68. The van der Waals surface area contributed by atoms with Gasteiger partial charge in [-0.1, -0.05) is 30.7 Å². The molecular weight excluding hydrogens is 286 g/mol. The molecule has 0 aliphatic rings. The summed E-state index contributed by atoms with van der Waals surface area (Å²) in [6.07, 6.45) is 3.10. The molecule has 1 N–H and O–H groups in total. The first-order valence-electron chi connectivity index (χ1n) is 7.78. The van der Waals surface area contributed by atoms with Crippen molar-refractivity contribution in [2.24, 2.45) is 5.92 Å². The molecule has 0 fully saturated rings.